The summed E-state index contributed by atoms with van der Waals surface area (Å²) in [5.41, 5.74) is 2.77. The van der Waals surface area contributed by atoms with Crippen LogP contribution in [0.1, 0.15) is 49.3 Å². The van der Waals surface area contributed by atoms with Gasteiger partial charge in [-0.1, -0.05) is 42.0 Å². The second kappa shape index (κ2) is 11.8. The first-order valence-electron chi connectivity index (χ1n) is 9.81. The molecule has 28 heavy (non-hydrogen) atoms. The van der Waals surface area contributed by atoms with Crippen molar-refractivity contribution in [3.63, 3.8) is 0 Å². The number of nitrogens with one attached hydrogen (secondary N) is 2. The Bertz CT molecular complexity index is 781. The van der Waals surface area contributed by atoms with Crippen LogP contribution in [-0.2, 0) is 20.1 Å². The average Bonchev–Trinajstić information content (AvgIpc) is 3.03. The van der Waals surface area contributed by atoms with Gasteiger partial charge >= 0.3 is 0 Å². The molecule has 0 saturated heterocycles. The van der Waals surface area contributed by atoms with E-state index in [4.69, 9.17) is 4.99 Å². The second-order valence-electron chi connectivity index (χ2n) is 7.01. The van der Waals surface area contributed by atoms with Crippen molar-refractivity contribution < 1.29 is 0 Å². The minimum atomic E-state index is 0. The maximum atomic E-state index is 4.75. The van der Waals surface area contributed by atoms with Gasteiger partial charge in [0.15, 0.2) is 11.8 Å². The molecular weight excluding hydrogens is 463 g/mol. The zero-order valence-electron chi connectivity index (χ0n) is 16.8. The number of nitrogens with zero attached hydrogens (tertiary/aromatic N) is 4. The molecule has 2 N–H and O–H groups in total. The van der Waals surface area contributed by atoms with Gasteiger partial charge < -0.3 is 15.2 Å². The summed E-state index contributed by atoms with van der Waals surface area (Å²) in [6.07, 6.45) is 8.61. The highest BCUT2D eigenvalue weighted by Gasteiger charge is 2.07. The average molecular weight is 494 g/mol. The lowest BCUT2D eigenvalue weighted by Gasteiger charge is -2.15. The van der Waals surface area contributed by atoms with Crippen LogP contribution in [0.5, 0.6) is 0 Å². The van der Waals surface area contributed by atoms with E-state index in [1.165, 1.54) is 31.2 Å². The minimum absolute atomic E-state index is 0. The van der Waals surface area contributed by atoms with Gasteiger partial charge in [0.05, 0.1) is 13.1 Å². The third-order valence-corrected chi connectivity index (χ3v) is 4.98. The molecule has 7 heteroatoms. The van der Waals surface area contributed by atoms with Gasteiger partial charge in [0.2, 0.25) is 0 Å². The Labute approximate surface area is 185 Å². The number of halogens is 1. The summed E-state index contributed by atoms with van der Waals surface area (Å²) in [7, 11) is 1.98. The molecular formula is C21H31IN6. The van der Waals surface area contributed by atoms with Crippen molar-refractivity contribution in [1.29, 1.82) is 0 Å². The predicted octanol–water partition coefficient (Wildman–Crippen LogP) is 3.87. The number of aryl methyl sites for hydroxylation is 1. The Morgan fingerprint density at radius 2 is 1.96 bits per heavy atom. The van der Waals surface area contributed by atoms with Crippen LogP contribution in [0.3, 0.4) is 0 Å². The minimum Gasteiger partial charge on any atom is -0.356 e. The van der Waals surface area contributed by atoms with Crippen LogP contribution < -0.4 is 10.6 Å². The molecule has 0 bridgehead atoms. The first kappa shape index (κ1) is 22.4. The van der Waals surface area contributed by atoms with Crippen LogP contribution >= 0.6 is 24.0 Å². The maximum Gasteiger partial charge on any atom is 0.191 e. The summed E-state index contributed by atoms with van der Waals surface area (Å²) in [6.45, 7) is 4.10. The highest BCUT2D eigenvalue weighted by Crippen LogP contribution is 2.19. The van der Waals surface area contributed by atoms with E-state index in [0.717, 1.165) is 30.6 Å². The quantitative estimate of drug-likeness (QED) is 0.266. The highest BCUT2D eigenvalue weighted by molar-refractivity contribution is 14.0. The fourth-order valence-corrected chi connectivity index (χ4v) is 3.17. The number of guanidine groups is 1. The van der Waals surface area contributed by atoms with Crippen LogP contribution in [-0.4, -0.2) is 27.3 Å². The molecule has 2 aromatic rings. The third-order valence-electron chi connectivity index (χ3n) is 4.98. The standard InChI is InChI=1S/C21H30N6.HI/c1-17-25-26-20(27(17)2)16-24-21(23-15-19-11-7-4-8-12-19)22-14-13-18-9-5-3-6-10-18;/h4,7-9,11-12H,3,5-6,10,13-16H2,1-2H3,(H2,22,23,24);1H. The van der Waals surface area contributed by atoms with Gasteiger partial charge in [-0.2, -0.15) is 0 Å². The van der Waals surface area contributed by atoms with E-state index in [0.29, 0.717) is 13.1 Å². The Morgan fingerprint density at radius 1 is 1.14 bits per heavy atom. The van der Waals surface area contributed by atoms with Gasteiger partial charge in [0.1, 0.15) is 5.82 Å². The van der Waals surface area contributed by atoms with Crippen LogP contribution in [0.2, 0.25) is 0 Å². The number of allylic oxidation sites excluding steroid dienone is 1. The molecule has 1 aliphatic rings. The summed E-state index contributed by atoms with van der Waals surface area (Å²) in [4.78, 5) is 4.75. The van der Waals surface area contributed by atoms with Crippen molar-refractivity contribution in [3.8, 4) is 0 Å². The van der Waals surface area contributed by atoms with Crippen molar-refractivity contribution in [1.82, 2.24) is 25.4 Å². The fraction of sp³-hybridized carbons (Fsp3) is 0.476. The number of benzene rings is 1. The predicted molar refractivity (Wildman–Crippen MR) is 125 cm³/mol. The van der Waals surface area contributed by atoms with E-state index in [9.17, 15) is 0 Å². The molecule has 0 spiro atoms. The van der Waals surface area contributed by atoms with Gasteiger partial charge in [-0.15, -0.1) is 34.2 Å². The lowest BCUT2D eigenvalue weighted by molar-refractivity contribution is 0.662. The molecule has 0 amide bonds. The molecule has 0 fully saturated rings. The Hall–Kier alpha value is -1.90. The van der Waals surface area contributed by atoms with Crippen LogP contribution in [0, 0.1) is 6.92 Å². The Kier molecular flexibility index (Phi) is 9.46. The monoisotopic (exact) mass is 494 g/mol. The molecule has 0 saturated carbocycles. The second-order valence-corrected chi connectivity index (χ2v) is 7.01. The van der Waals surface area contributed by atoms with Gasteiger partial charge in [0.25, 0.3) is 0 Å². The first-order chi connectivity index (χ1) is 13.2. The number of aliphatic imine (C=N–C) groups is 1. The van der Waals surface area contributed by atoms with Crippen molar-refractivity contribution in [2.24, 2.45) is 12.0 Å². The molecule has 152 valence electrons. The third kappa shape index (κ3) is 6.92. The summed E-state index contributed by atoms with van der Waals surface area (Å²) in [5.74, 6) is 2.62. The molecule has 0 unspecified atom stereocenters. The Balaban J connectivity index is 0.00000280. The zero-order chi connectivity index (χ0) is 18.9. The largest absolute Gasteiger partial charge is 0.356 e. The highest BCUT2D eigenvalue weighted by atomic mass is 127. The molecule has 0 aliphatic heterocycles. The van der Waals surface area contributed by atoms with E-state index in [2.05, 4.69) is 39.0 Å². The summed E-state index contributed by atoms with van der Waals surface area (Å²) >= 11 is 0. The number of aromatic nitrogens is 3. The molecule has 0 radical (unpaired) electrons. The van der Waals surface area contributed by atoms with Crippen molar-refractivity contribution in [2.75, 3.05) is 6.54 Å². The van der Waals surface area contributed by atoms with E-state index in [1.807, 2.05) is 36.7 Å². The number of rotatable bonds is 7. The Morgan fingerprint density at radius 3 is 2.64 bits per heavy atom. The number of hydrogen-bond acceptors (Lipinski definition) is 3. The van der Waals surface area contributed by atoms with Gasteiger partial charge in [-0.05, 0) is 44.6 Å². The maximum absolute atomic E-state index is 4.75. The topological polar surface area (TPSA) is 67.1 Å². The van der Waals surface area contributed by atoms with Crippen molar-refractivity contribution in [2.45, 2.75) is 52.1 Å². The summed E-state index contributed by atoms with van der Waals surface area (Å²) in [5, 5.41) is 15.2. The van der Waals surface area contributed by atoms with Crippen LogP contribution in [0.15, 0.2) is 47.0 Å². The van der Waals surface area contributed by atoms with E-state index < -0.39 is 0 Å². The van der Waals surface area contributed by atoms with E-state index in [-0.39, 0.29) is 24.0 Å². The SMILES string of the molecule is Cc1nnc(CNC(=NCc2ccccc2)NCCC2=CCCCC2)n1C.I. The normalized spacial score (nSPS) is 14.2. The van der Waals surface area contributed by atoms with E-state index in [1.54, 1.807) is 5.57 Å². The fourth-order valence-electron chi connectivity index (χ4n) is 3.17. The lowest BCUT2D eigenvalue weighted by Crippen LogP contribution is -2.38. The number of hydrogen-bond donors (Lipinski definition) is 2. The molecule has 1 aliphatic carbocycles. The van der Waals surface area contributed by atoms with Crippen molar-refractivity contribution >= 4 is 29.9 Å². The summed E-state index contributed by atoms with van der Waals surface area (Å²) in [6, 6.07) is 10.3. The molecule has 1 heterocycles. The van der Waals surface area contributed by atoms with Crippen molar-refractivity contribution in [3.05, 3.63) is 59.2 Å². The van der Waals surface area contributed by atoms with Crippen LogP contribution in [0.4, 0.5) is 0 Å². The lowest BCUT2D eigenvalue weighted by atomic mass is 9.97. The molecule has 1 aromatic carbocycles. The van der Waals surface area contributed by atoms with Gasteiger partial charge in [-0.25, -0.2) is 4.99 Å². The molecule has 0 atom stereocenters. The van der Waals surface area contributed by atoms with Gasteiger partial charge in [0, 0.05) is 13.6 Å². The van der Waals surface area contributed by atoms with E-state index >= 15 is 0 Å². The van der Waals surface area contributed by atoms with Gasteiger partial charge in [-0.3, -0.25) is 0 Å². The zero-order valence-corrected chi connectivity index (χ0v) is 19.1. The molecule has 6 nitrogen and oxygen atoms in total. The first-order valence-corrected chi connectivity index (χ1v) is 9.81. The molecule has 3 rings (SSSR count). The van der Waals surface area contributed by atoms with Crippen LogP contribution in [0.25, 0.3) is 0 Å². The smallest absolute Gasteiger partial charge is 0.191 e. The molecule has 1 aromatic heterocycles. The summed E-state index contributed by atoms with van der Waals surface area (Å²) < 4.78 is 1.99.